The van der Waals surface area contributed by atoms with E-state index in [1.807, 2.05) is 0 Å². The number of fused-ring (bicyclic) bond motifs is 1. The number of halogens is 4. The van der Waals surface area contributed by atoms with Crippen LogP contribution in [-0.4, -0.2) is 13.4 Å². The molecule has 146 valence electrons. The summed E-state index contributed by atoms with van der Waals surface area (Å²) in [5.74, 6) is -1.18. The van der Waals surface area contributed by atoms with E-state index in [0.717, 1.165) is 18.2 Å². The van der Waals surface area contributed by atoms with E-state index in [1.165, 1.54) is 30.5 Å². The van der Waals surface area contributed by atoms with Gasteiger partial charge < -0.3 is 0 Å². The fourth-order valence-corrected chi connectivity index (χ4v) is 4.91. The molecule has 3 nitrogen and oxygen atoms in total. The Morgan fingerprint density at radius 3 is 2.28 bits per heavy atom. The molecule has 4 rings (SSSR count). The molecule has 0 saturated carbocycles. The van der Waals surface area contributed by atoms with Crippen LogP contribution >= 0.6 is 23.2 Å². The number of hydrogen-bond acceptors (Lipinski definition) is 3. The summed E-state index contributed by atoms with van der Waals surface area (Å²) in [6, 6.07) is 13.5. The highest BCUT2D eigenvalue weighted by Crippen LogP contribution is 2.37. The van der Waals surface area contributed by atoms with Crippen molar-refractivity contribution in [3.63, 3.8) is 0 Å². The Morgan fingerprint density at radius 2 is 1.59 bits per heavy atom. The predicted molar refractivity (Wildman–Crippen MR) is 109 cm³/mol. The normalized spacial score (nSPS) is 11.7. The maximum Gasteiger partial charge on any atom is 0.208 e. The Morgan fingerprint density at radius 1 is 0.862 bits per heavy atom. The minimum atomic E-state index is -4.11. The first-order valence-electron chi connectivity index (χ1n) is 8.32. The number of rotatable bonds is 3. The van der Waals surface area contributed by atoms with Crippen LogP contribution in [0.25, 0.3) is 22.0 Å². The monoisotopic (exact) mass is 449 g/mol. The molecule has 4 aromatic rings. The van der Waals surface area contributed by atoms with Crippen LogP contribution in [0.1, 0.15) is 0 Å². The molecule has 0 fully saturated rings. The minimum Gasteiger partial charge on any atom is -0.255 e. The molecule has 1 aromatic heterocycles. The fourth-order valence-electron chi connectivity index (χ4n) is 3.04. The van der Waals surface area contributed by atoms with Crippen LogP contribution in [0.4, 0.5) is 8.78 Å². The number of sulfone groups is 1. The number of benzene rings is 3. The van der Waals surface area contributed by atoms with E-state index >= 15 is 0 Å². The third-order valence-corrected chi connectivity index (χ3v) is 6.71. The van der Waals surface area contributed by atoms with Gasteiger partial charge in [0.15, 0.2) is 0 Å². The Bertz CT molecular complexity index is 1360. The number of pyridine rings is 1. The average molecular weight is 450 g/mol. The number of hydrogen-bond donors (Lipinski definition) is 0. The van der Waals surface area contributed by atoms with Crippen molar-refractivity contribution in [2.24, 2.45) is 0 Å². The smallest absolute Gasteiger partial charge is 0.208 e. The zero-order chi connectivity index (χ0) is 20.8. The SMILES string of the molecule is O=S(=O)(c1ccc(F)c(Cl)c1)c1cnc2cc(Cl)ccc2c1-c1ccc(F)cc1. The van der Waals surface area contributed by atoms with Gasteiger partial charge in [0, 0.05) is 22.2 Å². The first-order valence-corrected chi connectivity index (χ1v) is 10.6. The summed E-state index contributed by atoms with van der Waals surface area (Å²) in [6.07, 6.45) is 1.21. The molecular formula is C21H11Cl2F2NO2S. The van der Waals surface area contributed by atoms with Gasteiger partial charge in [-0.2, -0.15) is 0 Å². The van der Waals surface area contributed by atoms with E-state index in [-0.39, 0.29) is 14.8 Å². The molecule has 0 spiro atoms. The van der Waals surface area contributed by atoms with Crippen molar-refractivity contribution in [2.75, 3.05) is 0 Å². The van der Waals surface area contributed by atoms with Gasteiger partial charge in [-0.3, -0.25) is 4.98 Å². The second kappa shape index (κ2) is 7.37. The molecule has 1 heterocycles. The highest BCUT2D eigenvalue weighted by molar-refractivity contribution is 7.91. The summed E-state index contributed by atoms with van der Waals surface area (Å²) in [5, 5.41) is 0.654. The summed E-state index contributed by atoms with van der Waals surface area (Å²) in [5.41, 5.74) is 1.30. The summed E-state index contributed by atoms with van der Waals surface area (Å²) >= 11 is 11.8. The van der Waals surface area contributed by atoms with Gasteiger partial charge in [-0.25, -0.2) is 17.2 Å². The van der Waals surface area contributed by atoms with Gasteiger partial charge in [0.1, 0.15) is 11.6 Å². The van der Waals surface area contributed by atoms with Crippen molar-refractivity contribution in [1.82, 2.24) is 4.98 Å². The van der Waals surface area contributed by atoms with Gasteiger partial charge in [0.25, 0.3) is 0 Å². The summed E-state index contributed by atoms with van der Waals surface area (Å²) < 4.78 is 53.7. The molecule has 0 atom stereocenters. The summed E-state index contributed by atoms with van der Waals surface area (Å²) in [6.45, 7) is 0. The van der Waals surface area contributed by atoms with E-state index in [9.17, 15) is 17.2 Å². The Hall–Kier alpha value is -2.54. The van der Waals surface area contributed by atoms with Crippen LogP contribution in [0, 0.1) is 11.6 Å². The molecule has 0 radical (unpaired) electrons. The lowest BCUT2D eigenvalue weighted by Gasteiger charge is -2.14. The Kier molecular flexibility index (Phi) is 5.02. The number of nitrogens with zero attached hydrogens (tertiary/aromatic N) is 1. The summed E-state index contributed by atoms with van der Waals surface area (Å²) in [4.78, 5) is 3.94. The van der Waals surface area contributed by atoms with Gasteiger partial charge in [0.2, 0.25) is 9.84 Å². The minimum absolute atomic E-state index is 0.110. The zero-order valence-electron chi connectivity index (χ0n) is 14.5. The second-order valence-corrected chi connectivity index (χ2v) is 9.01. The molecule has 3 aromatic carbocycles. The van der Waals surface area contributed by atoms with Crippen molar-refractivity contribution in [1.29, 1.82) is 0 Å². The van der Waals surface area contributed by atoms with E-state index in [0.29, 0.717) is 27.1 Å². The van der Waals surface area contributed by atoms with Crippen molar-refractivity contribution < 1.29 is 17.2 Å². The zero-order valence-corrected chi connectivity index (χ0v) is 16.9. The third-order valence-electron chi connectivity index (χ3n) is 4.42. The van der Waals surface area contributed by atoms with E-state index < -0.39 is 21.5 Å². The maximum atomic E-state index is 13.5. The molecule has 0 N–H and O–H groups in total. The van der Waals surface area contributed by atoms with Gasteiger partial charge in [0.05, 0.1) is 20.3 Å². The van der Waals surface area contributed by atoms with Crippen LogP contribution in [0.5, 0.6) is 0 Å². The van der Waals surface area contributed by atoms with Crippen LogP contribution in [0.3, 0.4) is 0 Å². The van der Waals surface area contributed by atoms with Crippen molar-refractivity contribution >= 4 is 43.9 Å². The predicted octanol–water partition coefficient (Wildman–Crippen LogP) is 6.32. The molecule has 0 unspecified atom stereocenters. The highest BCUT2D eigenvalue weighted by atomic mass is 35.5. The highest BCUT2D eigenvalue weighted by Gasteiger charge is 2.25. The molecular weight excluding hydrogens is 439 g/mol. The molecule has 0 bridgehead atoms. The van der Waals surface area contributed by atoms with E-state index in [4.69, 9.17) is 23.2 Å². The van der Waals surface area contributed by atoms with E-state index in [2.05, 4.69) is 4.98 Å². The molecule has 29 heavy (non-hydrogen) atoms. The topological polar surface area (TPSA) is 47.0 Å². The van der Waals surface area contributed by atoms with Crippen LogP contribution in [0.15, 0.2) is 76.7 Å². The van der Waals surface area contributed by atoms with Crippen LogP contribution in [0.2, 0.25) is 10.0 Å². The summed E-state index contributed by atoms with van der Waals surface area (Å²) in [7, 11) is -4.11. The van der Waals surface area contributed by atoms with Crippen LogP contribution < -0.4 is 0 Å². The molecule has 0 saturated heterocycles. The lowest BCUT2D eigenvalue weighted by Crippen LogP contribution is -2.06. The average Bonchev–Trinajstić information content (AvgIpc) is 2.69. The van der Waals surface area contributed by atoms with Crippen molar-refractivity contribution in [3.05, 3.63) is 88.5 Å². The molecule has 0 amide bonds. The largest absolute Gasteiger partial charge is 0.255 e. The van der Waals surface area contributed by atoms with E-state index in [1.54, 1.807) is 18.2 Å². The maximum absolute atomic E-state index is 13.5. The third kappa shape index (κ3) is 3.59. The second-order valence-electron chi connectivity index (χ2n) is 6.25. The van der Waals surface area contributed by atoms with Crippen molar-refractivity contribution in [3.8, 4) is 11.1 Å². The lowest BCUT2D eigenvalue weighted by molar-refractivity contribution is 0.595. The molecule has 0 aliphatic heterocycles. The number of aromatic nitrogens is 1. The van der Waals surface area contributed by atoms with Gasteiger partial charge in [-0.1, -0.05) is 41.4 Å². The lowest BCUT2D eigenvalue weighted by atomic mass is 10.0. The van der Waals surface area contributed by atoms with Gasteiger partial charge in [-0.15, -0.1) is 0 Å². The first kappa shape index (κ1) is 19.8. The fraction of sp³-hybridized carbons (Fsp3) is 0. The standard InChI is InChI=1S/C21H11Cl2F2NO2S/c22-13-3-7-16-19(9-13)26-11-20(21(16)12-1-4-14(24)5-2-12)29(27,28)15-6-8-18(25)17(23)10-15/h1-11H. The molecule has 0 aliphatic carbocycles. The van der Waals surface area contributed by atoms with Crippen LogP contribution in [-0.2, 0) is 9.84 Å². The van der Waals surface area contributed by atoms with Crippen molar-refractivity contribution in [2.45, 2.75) is 9.79 Å². The van der Waals surface area contributed by atoms with Gasteiger partial charge >= 0.3 is 0 Å². The molecule has 0 aliphatic rings. The molecule has 8 heteroatoms. The Labute approximate surface area is 175 Å². The first-order chi connectivity index (χ1) is 13.8. The quantitative estimate of drug-likeness (QED) is 0.343. The Balaban J connectivity index is 2.06. The van der Waals surface area contributed by atoms with Gasteiger partial charge in [-0.05, 0) is 48.0 Å².